The third-order valence-corrected chi connectivity index (χ3v) is 3.88. The molecule has 0 spiro atoms. The maximum Gasteiger partial charge on any atom is 0.117 e. The van der Waals surface area contributed by atoms with Gasteiger partial charge in [0.15, 0.2) is 0 Å². The van der Waals surface area contributed by atoms with Crippen LogP contribution in [-0.4, -0.2) is 9.97 Å². The lowest BCUT2D eigenvalue weighted by Crippen LogP contribution is -1.90. The van der Waals surface area contributed by atoms with Crippen LogP contribution in [0.25, 0.3) is 10.9 Å². The van der Waals surface area contributed by atoms with Crippen molar-refractivity contribution in [2.75, 3.05) is 5.73 Å². The summed E-state index contributed by atoms with van der Waals surface area (Å²) in [6.45, 7) is 2.08. The largest absolute Gasteiger partial charge is 0.399 e. The second-order valence-electron chi connectivity index (χ2n) is 4.37. The van der Waals surface area contributed by atoms with Crippen molar-refractivity contribution in [2.24, 2.45) is 0 Å². The van der Waals surface area contributed by atoms with Crippen LogP contribution in [0.3, 0.4) is 0 Å². The summed E-state index contributed by atoms with van der Waals surface area (Å²) >= 11 is 1.63. The van der Waals surface area contributed by atoms with Crippen molar-refractivity contribution >= 4 is 28.4 Å². The zero-order valence-electron chi connectivity index (χ0n) is 10.5. The van der Waals surface area contributed by atoms with Gasteiger partial charge in [0, 0.05) is 16.0 Å². The number of rotatable bonds is 2. The lowest BCUT2D eigenvalue weighted by atomic mass is 10.2. The van der Waals surface area contributed by atoms with Gasteiger partial charge in [-0.25, -0.2) is 9.97 Å². The van der Waals surface area contributed by atoms with E-state index in [0.717, 1.165) is 26.5 Å². The van der Waals surface area contributed by atoms with Crippen LogP contribution in [0.5, 0.6) is 0 Å². The summed E-state index contributed by atoms with van der Waals surface area (Å²) in [7, 11) is 0. The molecule has 3 rings (SSSR count). The van der Waals surface area contributed by atoms with E-state index in [2.05, 4.69) is 41.2 Å². The van der Waals surface area contributed by atoms with Gasteiger partial charge in [-0.15, -0.1) is 0 Å². The first-order chi connectivity index (χ1) is 9.22. The highest BCUT2D eigenvalue weighted by molar-refractivity contribution is 7.99. The second kappa shape index (κ2) is 4.90. The van der Waals surface area contributed by atoms with E-state index >= 15 is 0 Å². The van der Waals surface area contributed by atoms with E-state index in [4.69, 9.17) is 5.73 Å². The van der Waals surface area contributed by atoms with E-state index < -0.39 is 0 Å². The van der Waals surface area contributed by atoms with Crippen LogP contribution in [0.4, 0.5) is 5.69 Å². The molecule has 0 aliphatic heterocycles. The van der Waals surface area contributed by atoms with Gasteiger partial charge in [-0.1, -0.05) is 29.5 Å². The van der Waals surface area contributed by atoms with Gasteiger partial charge in [0.25, 0.3) is 0 Å². The molecule has 0 fully saturated rings. The van der Waals surface area contributed by atoms with E-state index in [0.29, 0.717) is 0 Å². The Morgan fingerprint density at radius 2 is 1.79 bits per heavy atom. The smallest absolute Gasteiger partial charge is 0.117 e. The summed E-state index contributed by atoms with van der Waals surface area (Å²) in [5.41, 5.74) is 8.74. The lowest BCUT2D eigenvalue weighted by Gasteiger charge is -2.05. The standard InChI is InChI=1S/C15H13N3S/c1-10-2-5-12(6-3-10)19-15-13-8-11(16)4-7-14(13)17-9-18-15/h2-9H,16H2,1H3. The van der Waals surface area contributed by atoms with E-state index in [1.807, 2.05) is 18.2 Å². The maximum atomic E-state index is 5.84. The Kier molecular flexibility index (Phi) is 3.09. The zero-order valence-corrected chi connectivity index (χ0v) is 11.3. The summed E-state index contributed by atoms with van der Waals surface area (Å²) in [6, 6.07) is 14.1. The van der Waals surface area contributed by atoms with E-state index in [1.54, 1.807) is 18.1 Å². The molecule has 1 heterocycles. The molecule has 0 bridgehead atoms. The molecule has 3 aromatic rings. The third kappa shape index (κ3) is 2.53. The zero-order chi connectivity index (χ0) is 13.2. The highest BCUT2D eigenvalue weighted by atomic mass is 32.2. The number of aromatic nitrogens is 2. The number of nitrogens with zero attached hydrogens (tertiary/aromatic N) is 2. The van der Waals surface area contributed by atoms with Crippen molar-refractivity contribution < 1.29 is 0 Å². The molecule has 0 atom stereocenters. The monoisotopic (exact) mass is 267 g/mol. The van der Waals surface area contributed by atoms with Crippen molar-refractivity contribution in [2.45, 2.75) is 16.8 Å². The van der Waals surface area contributed by atoms with E-state index in [1.165, 1.54) is 5.56 Å². The Hall–Kier alpha value is -2.07. The lowest BCUT2D eigenvalue weighted by molar-refractivity contribution is 1.10. The molecule has 0 aliphatic rings. The summed E-state index contributed by atoms with van der Waals surface area (Å²) in [5.74, 6) is 0. The quantitative estimate of drug-likeness (QED) is 0.568. The van der Waals surface area contributed by atoms with Gasteiger partial charge < -0.3 is 5.73 Å². The third-order valence-electron chi connectivity index (χ3n) is 2.86. The molecule has 0 saturated heterocycles. The van der Waals surface area contributed by atoms with Crippen LogP contribution < -0.4 is 5.73 Å². The van der Waals surface area contributed by atoms with Gasteiger partial charge in [-0.3, -0.25) is 0 Å². The van der Waals surface area contributed by atoms with Crippen LogP contribution in [0.1, 0.15) is 5.56 Å². The first-order valence-corrected chi connectivity index (χ1v) is 6.79. The van der Waals surface area contributed by atoms with Crippen LogP contribution in [0, 0.1) is 6.92 Å². The first-order valence-electron chi connectivity index (χ1n) is 5.97. The van der Waals surface area contributed by atoms with Crippen molar-refractivity contribution in [3.8, 4) is 0 Å². The summed E-state index contributed by atoms with van der Waals surface area (Å²) in [5, 5.41) is 1.93. The number of aryl methyl sites for hydroxylation is 1. The number of benzene rings is 2. The highest BCUT2D eigenvalue weighted by Gasteiger charge is 2.06. The molecule has 0 unspecified atom stereocenters. The number of fused-ring (bicyclic) bond motifs is 1. The number of anilines is 1. The van der Waals surface area contributed by atoms with Crippen molar-refractivity contribution in [3.05, 3.63) is 54.4 Å². The molecule has 2 N–H and O–H groups in total. The predicted molar refractivity (Wildman–Crippen MR) is 79.3 cm³/mol. The molecule has 94 valence electrons. The molecule has 4 heteroatoms. The average molecular weight is 267 g/mol. The Morgan fingerprint density at radius 1 is 1.00 bits per heavy atom. The van der Waals surface area contributed by atoms with E-state index in [-0.39, 0.29) is 0 Å². The van der Waals surface area contributed by atoms with Gasteiger partial charge in [0.05, 0.1) is 5.52 Å². The van der Waals surface area contributed by atoms with Gasteiger partial charge >= 0.3 is 0 Å². The molecular weight excluding hydrogens is 254 g/mol. The summed E-state index contributed by atoms with van der Waals surface area (Å²) in [4.78, 5) is 9.78. The number of nitrogens with two attached hydrogens (primary N) is 1. The first kappa shape index (κ1) is 12.0. The average Bonchev–Trinajstić information content (AvgIpc) is 2.42. The molecule has 3 nitrogen and oxygen atoms in total. The fraction of sp³-hybridized carbons (Fsp3) is 0.0667. The predicted octanol–water partition coefficient (Wildman–Crippen LogP) is 3.67. The minimum atomic E-state index is 0.730. The van der Waals surface area contributed by atoms with Crippen LogP contribution >= 0.6 is 11.8 Å². The maximum absolute atomic E-state index is 5.84. The van der Waals surface area contributed by atoms with Crippen LogP contribution in [0.2, 0.25) is 0 Å². The topological polar surface area (TPSA) is 51.8 Å². The molecule has 0 amide bonds. The van der Waals surface area contributed by atoms with Crippen molar-refractivity contribution in [1.29, 1.82) is 0 Å². The molecule has 0 saturated carbocycles. The van der Waals surface area contributed by atoms with Crippen molar-refractivity contribution in [1.82, 2.24) is 9.97 Å². The van der Waals surface area contributed by atoms with Crippen LogP contribution in [-0.2, 0) is 0 Å². The Labute approximate surface area is 115 Å². The second-order valence-corrected chi connectivity index (χ2v) is 5.43. The summed E-state index contributed by atoms with van der Waals surface area (Å²) in [6.07, 6.45) is 1.59. The number of hydrogen-bond donors (Lipinski definition) is 1. The number of nitrogen functional groups attached to an aromatic ring is 1. The van der Waals surface area contributed by atoms with Gasteiger partial charge in [-0.05, 0) is 37.3 Å². The Balaban J connectivity index is 2.05. The minimum absolute atomic E-state index is 0.730. The molecule has 1 aromatic heterocycles. The number of hydrogen-bond acceptors (Lipinski definition) is 4. The van der Waals surface area contributed by atoms with Gasteiger partial charge in [0.2, 0.25) is 0 Å². The summed E-state index contributed by atoms with van der Waals surface area (Å²) < 4.78 is 0. The van der Waals surface area contributed by atoms with Gasteiger partial charge in [-0.2, -0.15) is 0 Å². The normalized spacial score (nSPS) is 10.8. The molecule has 2 aromatic carbocycles. The minimum Gasteiger partial charge on any atom is -0.399 e. The Bertz CT molecular complexity index is 723. The molecular formula is C15H13N3S. The van der Waals surface area contributed by atoms with Crippen LogP contribution in [0.15, 0.2) is 58.7 Å². The molecule has 0 radical (unpaired) electrons. The van der Waals surface area contributed by atoms with Crippen molar-refractivity contribution in [3.63, 3.8) is 0 Å². The van der Waals surface area contributed by atoms with E-state index in [9.17, 15) is 0 Å². The SMILES string of the molecule is Cc1ccc(Sc2ncnc3ccc(N)cc23)cc1. The fourth-order valence-electron chi connectivity index (χ4n) is 1.85. The Morgan fingerprint density at radius 3 is 2.58 bits per heavy atom. The highest BCUT2D eigenvalue weighted by Crippen LogP contribution is 2.31. The van der Waals surface area contributed by atoms with Gasteiger partial charge in [0.1, 0.15) is 11.4 Å². The molecule has 19 heavy (non-hydrogen) atoms. The fourth-order valence-corrected chi connectivity index (χ4v) is 2.72. The molecule has 0 aliphatic carbocycles.